The Labute approximate surface area is 121 Å². The summed E-state index contributed by atoms with van der Waals surface area (Å²) in [5.41, 5.74) is -0.471. The lowest BCUT2D eigenvalue weighted by Gasteiger charge is -2.30. The molecule has 20 heavy (non-hydrogen) atoms. The number of nitrogens with zero attached hydrogens (tertiary/aromatic N) is 2. The van der Waals surface area contributed by atoms with Crippen LogP contribution in [0.15, 0.2) is 0 Å². The van der Waals surface area contributed by atoms with Gasteiger partial charge in [0.15, 0.2) is 0 Å². The smallest absolute Gasteiger partial charge is 0.410 e. The zero-order chi connectivity index (χ0) is 14.9. The lowest BCUT2D eigenvalue weighted by Crippen LogP contribution is -2.45. The quantitative estimate of drug-likeness (QED) is 0.742. The number of hydrogen-bond donors (Lipinski definition) is 0. The monoisotopic (exact) mass is 282 g/mol. The molecule has 0 aromatic heterocycles. The van der Waals surface area contributed by atoms with Crippen LogP contribution in [0.1, 0.15) is 53.4 Å². The van der Waals surface area contributed by atoms with Gasteiger partial charge in [0.2, 0.25) is 5.91 Å². The number of carbonyl (C=O) groups is 2. The van der Waals surface area contributed by atoms with E-state index in [1.807, 2.05) is 32.6 Å². The highest BCUT2D eigenvalue weighted by atomic mass is 16.6. The Morgan fingerprint density at radius 3 is 2.40 bits per heavy atom. The van der Waals surface area contributed by atoms with Crippen LogP contribution in [0, 0.1) is 0 Å². The van der Waals surface area contributed by atoms with Crippen LogP contribution < -0.4 is 0 Å². The molecule has 2 amide bonds. The highest BCUT2D eigenvalue weighted by molar-refractivity contribution is 5.77. The van der Waals surface area contributed by atoms with Gasteiger partial charge in [0, 0.05) is 31.6 Å². The van der Waals surface area contributed by atoms with E-state index in [9.17, 15) is 9.59 Å². The maximum Gasteiger partial charge on any atom is 0.410 e. The van der Waals surface area contributed by atoms with Gasteiger partial charge in [0.1, 0.15) is 5.60 Å². The summed E-state index contributed by atoms with van der Waals surface area (Å²) in [6.45, 7) is 8.82. The standard InChI is InChI=1S/C15H26N2O3/c1-5-13(18)17-11-6-7-12(17)10-16(9-8-11)14(19)20-15(2,3)4/h11-12H,5-10H2,1-4H3. The predicted molar refractivity (Wildman–Crippen MR) is 76.4 cm³/mol. The van der Waals surface area contributed by atoms with Crippen molar-refractivity contribution in [3.63, 3.8) is 0 Å². The van der Waals surface area contributed by atoms with Crippen LogP contribution in [0.25, 0.3) is 0 Å². The molecule has 0 saturated carbocycles. The molecule has 2 fully saturated rings. The minimum atomic E-state index is -0.471. The molecule has 0 N–H and O–H groups in total. The summed E-state index contributed by atoms with van der Waals surface area (Å²) < 4.78 is 5.45. The van der Waals surface area contributed by atoms with Gasteiger partial charge in [0.05, 0.1) is 0 Å². The number of fused-ring (bicyclic) bond motifs is 2. The van der Waals surface area contributed by atoms with E-state index in [1.165, 1.54) is 0 Å². The number of carbonyl (C=O) groups excluding carboxylic acids is 2. The topological polar surface area (TPSA) is 49.9 Å². The van der Waals surface area contributed by atoms with E-state index in [-0.39, 0.29) is 18.0 Å². The van der Waals surface area contributed by atoms with Gasteiger partial charge in [-0.2, -0.15) is 0 Å². The summed E-state index contributed by atoms with van der Waals surface area (Å²) in [7, 11) is 0. The van der Waals surface area contributed by atoms with Crippen molar-refractivity contribution in [3.8, 4) is 0 Å². The second-order valence-corrected chi connectivity index (χ2v) is 6.75. The van der Waals surface area contributed by atoms with Crippen molar-refractivity contribution in [3.05, 3.63) is 0 Å². The molecule has 2 bridgehead atoms. The fourth-order valence-electron chi connectivity index (χ4n) is 3.16. The van der Waals surface area contributed by atoms with Gasteiger partial charge in [0.25, 0.3) is 0 Å². The van der Waals surface area contributed by atoms with Gasteiger partial charge in [-0.15, -0.1) is 0 Å². The predicted octanol–water partition coefficient (Wildman–Crippen LogP) is 2.40. The van der Waals surface area contributed by atoms with E-state index in [2.05, 4.69) is 0 Å². The summed E-state index contributed by atoms with van der Waals surface area (Å²) in [4.78, 5) is 28.1. The second-order valence-electron chi connectivity index (χ2n) is 6.75. The van der Waals surface area contributed by atoms with E-state index in [4.69, 9.17) is 4.74 Å². The molecule has 2 aliphatic heterocycles. The van der Waals surface area contributed by atoms with E-state index in [1.54, 1.807) is 4.90 Å². The first kappa shape index (κ1) is 15.1. The van der Waals surface area contributed by atoms with Crippen LogP contribution >= 0.6 is 0 Å². The molecule has 0 spiro atoms. The SMILES string of the molecule is CCC(=O)N1C2CCC1CN(C(=O)OC(C)(C)C)CC2. The van der Waals surface area contributed by atoms with Crippen molar-refractivity contribution in [1.29, 1.82) is 0 Å². The molecule has 2 heterocycles. The largest absolute Gasteiger partial charge is 0.444 e. The first-order valence-corrected chi connectivity index (χ1v) is 7.61. The molecule has 2 atom stereocenters. The molecule has 2 rings (SSSR count). The fourth-order valence-corrected chi connectivity index (χ4v) is 3.16. The van der Waals surface area contributed by atoms with Gasteiger partial charge >= 0.3 is 6.09 Å². The van der Waals surface area contributed by atoms with Crippen molar-refractivity contribution in [2.75, 3.05) is 13.1 Å². The molecular weight excluding hydrogens is 256 g/mol. The van der Waals surface area contributed by atoms with E-state index < -0.39 is 5.60 Å². The third-order valence-corrected chi connectivity index (χ3v) is 4.03. The molecule has 0 radical (unpaired) electrons. The minimum Gasteiger partial charge on any atom is -0.444 e. The zero-order valence-electron chi connectivity index (χ0n) is 13.0. The Morgan fingerprint density at radius 2 is 1.80 bits per heavy atom. The number of ether oxygens (including phenoxy) is 1. The van der Waals surface area contributed by atoms with E-state index in [0.29, 0.717) is 25.6 Å². The van der Waals surface area contributed by atoms with Crippen LogP contribution in [-0.4, -0.2) is 52.6 Å². The van der Waals surface area contributed by atoms with E-state index >= 15 is 0 Å². The molecule has 5 heteroatoms. The summed E-state index contributed by atoms with van der Waals surface area (Å²) >= 11 is 0. The lowest BCUT2D eigenvalue weighted by atomic mass is 10.1. The van der Waals surface area contributed by atoms with Gasteiger partial charge < -0.3 is 14.5 Å². The van der Waals surface area contributed by atoms with Crippen molar-refractivity contribution >= 4 is 12.0 Å². The summed E-state index contributed by atoms with van der Waals surface area (Å²) in [5.74, 6) is 0.212. The highest BCUT2D eigenvalue weighted by Gasteiger charge is 2.41. The van der Waals surface area contributed by atoms with Crippen LogP contribution in [0.4, 0.5) is 4.79 Å². The summed E-state index contributed by atoms with van der Waals surface area (Å²) in [6, 6.07) is 0.474. The first-order chi connectivity index (χ1) is 9.31. The maximum absolute atomic E-state index is 12.2. The highest BCUT2D eigenvalue weighted by Crippen LogP contribution is 2.31. The average molecular weight is 282 g/mol. The van der Waals surface area contributed by atoms with Gasteiger partial charge in [-0.1, -0.05) is 6.92 Å². The number of amides is 2. The van der Waals surface area contributed by atoms with Crippen molar-refractivity contribution < 1.29 is 14.3 Å². The number of rotatable bonds is 1. The van der Waals surface area contributed by atoms with Crippen LogP contribution in [0.3, 0.4) is 0 Å². The number of likely N-dealkylation sites (tertiary alicyclic amines) is 1. The molecular formula is C15H26N2O3. The van der Waals surface area contributed by atoms with Gasteiger partial charge in [-0.05, 0) is 40.0 Å². The molecule has 2 aliphatic rings. The zero-order valence-corrected chi connectivity index (χ0v) is 13.0. The molecule has 114 valence electrons. The molecule has 0 aromatic carbocycles. The third-order valence-electron chi connectivity index (χ3n) is 4.03. The molecule has 0 aromatic rings. The molecule has 2 unspecified atom stereocenters. The average Bonchev–Trinajstić information content (AvgIpc) is 2.60. The van der Waals surface area contributed by atoms with Crippen LogP contribution in [0.2, 0.25) is 0 Å². The second kappa shape index (κ2) is 5.62. The van der Waals surface area contributed by atoms with Gasteiger partial charge in [-0.25, -0.2) is 4.79 Å². The Balaban J connectivity index is 2.04. The van der Waals surface area contributed by atoms with Gasteiger partial charge in [-0.3, -0.25) is 4.79 Å². The molecule has 2 saturated heterocycles. The third kappa shape index (κ3) is 3.25. The maximum atomic E-state index is 12.2. The first-order valence-electron chi connectivity index (χ1n) is 7.61. The molecule has 5 nitrogen and oxygen atoms in total. The van der Waals surface area contributed by atoms with Crippen LogP contribution in [-0.2, 0) is 9.53 Å². The summed E-state index contributed by atoms with van der Waals surface area (Å²) in [6.07, 6.45) is 3.21. The fraction of sp³-hybridized carbons (Fsp3) is 0.867. The Bertz CT molecular complexity index is 389. The van der Waals surface area contributed by atoms with Crippen LogP contribution in [0.5, 0.6) is 0 Å². The lowest BCUT2D eigenvalue weighted by molar-refractivity contribution is -0.133. The minimum absolute atomic E-state index is 0.169. The van der Waals surface area contributed by atoms with Crippen molar-refractivity contribution in [1.82, 2.24) is 9.80 Å². The Hall–Kier alpha value is -1.26. The number of hydrogen-bond acceptors (Lipinski definition) is 3. The Morgan fingerprint density at radius 1 is 1.15 bits per heavy atom. The van der Waals surface area contributed by atoms with Crippen molar-refractivity contribution in [2.45, 2.75) is 71.1 Å². The Kier molecular flexibility index (Phi) is 4.25. The van der Waals surface area contributed by atoms with Crippen molar-refractivity contribution in [2.24, 2.45) is 0 Å². The molecule has 0 aliphatic carbocycles. The normalized spacial score (nSPS) is 26.4. The van der Waals surface area contributed by atoms with E-state index in [0.717, 1.165) is 19.3 Å². The summed E-state index contributed by atoms with van der Waals surface area (Å²) in [5, 5.41) is 0.